The summed E-state index contributed by atoms with van der Waals surface area (Å²) in [5, 5.41) is 1.77. The van der Waals surface area contributed by atoms with Crippen molar-refractivity contribution in [3.8, 4) is 11.3 Å². The second kappa shape index (κ2) is 6.92. The molecule has 0 saturated carbocycles. The van der Waals surface area contributed by atoms with E-state index in [1.165, 1.54) is 16.2 Å². The summed E-state index contributed by atoms with van der Waals surface area (Å²) >= 11 is 1.40. The van der Waals surface area contributed by atoms with Gasteiger partial charge in [0.25, 0.3) is 5.91 Å². The van der Waals surface area contributed by atoms with Crippen LogP contribution in [0.2, 0.25) is 0 Å². The number of primary amides is 1. The summed E-state index contributed by atoms with van der Waals surface area (Å²) in [5.41, 5.74) is 10.0. The molecular weight excluding hydrogens is 348 g/mol. The van der Waals surface area contributed by atoms with E-state index >= 15 is 0 Å². The molecule has 0 aliphatic heterocycles. The number of thiazole rings is 1. The Hall–Kier alpha value is -2.67. The van der Waals surface area contributed by atoms with Crippen LogP contribution in [0.3, 0.4) is 0 Å². The number of imidazole rings is 1. The summed E-state index contributed by atoms with van der Waals surface area (Å²) in [7, 11) is 0. The quantitative estimate of drug-likeness (QED) is 0.750. The van der Waals surface area contributed by atoms with E-state index in [1.807, 2.05) is 27.0 Å². The maximum absolute atomic E-state index is 12.9. The molecule has 0 radical (unpaired) electrons. The van der Waals surface area contributed by atoms with Crippen LogP contribution in [0.4, 0.5) is 0 Å². The molecule has 1 atom stereocenters. The van der Waals surface area contributed by atoms with E-state index in [9.17, 15) is 9.59 Å². The third-order valence-electron chi connectivity index (χ3n) is 4.58. The van der Waals surface area contributed by atoms with Gasteiger partial charge in [-0.25, -0.2) is 4.98 Å². The zero-order chi connectivity index (χ0) is 19.0. The van der Waals surface area contributed by atoms with Crippen molar-refractivity contribution >= 4 is 28.1 Å². The Balaban J connectivity index is 2.04. The van der Waals surface area contributed by atoms with Gasteiger partial charge >= 0.3 is 0 Å². The topological polar surface area (TPSA) is 80.7 Å². The Labute approximate surface area is 156 Å². The summed E-state index contributed by atoms with van der Waals surface area (Å²) in [5.74, 6) is -0.747. The fourth-order valence-electron chi connectivity index (χ4n) is 2.97. The molecule has 0 aliphatic rings. The number of benzene rings is 1. The first-order valence-electron chi connectivity index (χ1n) is 8.48. The lowest BCUT2D eigenvalue weighted by atomic mass is 10.0. The molecule has 7 heteroatoms. The number of aryl methyl sites for hydroxylation is 2. The Kier molecular flexibility index (Phi) is 4.82. The fourth-order valence-corrected chi connectivity index (χ4v) is 3.82. The zero-order valence-electron chi connectivity index (χ0n) is 15.3. The molecule has 0 aliphatic carbocycles. The second-order valence-corrected chi connectivity index (χ2v) is 7.22. The summed E-state index contributed by atoms with van der Waals surface area (Å²) in [6, 6.07) is 5.56. The van der Waals surface area contributed by atoms with Crippen molar-refractivity contribution in [3.63, 3.8) is 0 Å². The van der Waals surface area contributed by atoms with Gasteiger partial charge in [-0.3, -0.25) is 14.0 Å². The molecule has 1 unspecified atom stereocenters. The van der Waals surface area contributed by atoms with E-state index in [-0.39, 0.29) is 5.91 Å². The molecule has 2 aromatic heterocycles. The van der Waals surface area contributed by atoms with Crippen LogP contribution in [-0.2, 0) is 4.79 Å². The Bertz CT molecular complexity index is 989. The van der Waals surface area contributed by atoms with Crippen LogP contribution in [0.1, 0.15) is 35.5 Å². The summed E-state index contributed by atoms with van der Waals surface area (Å²) in [6.07, 6.45) is 1.88. The normalized spacial score (nSPS) is 12.3. The fraction of sp³-hybridized carbons (Fsp3) is 0.316. The van der Waals surface area contributed by atoms with Crippen LogP contribution in [0.15, 0.2) is 29.8 Å². The summed E-state index contributed by atoms with van der Waals surface area (Å²) in [6.45, 7) is 7.96. The van der Waals surface area contributed by atoms with Gasteiger partial charge in [0.05, 0.1) is 5.69 Å². The molecule has 1 aromatic carbocycles. The van der Waals surface area contributed by atoms with Crippen molar-refractivity contribution in [2.45, 2.75) is 33.7 Å². The second-order valence-electron chi connectivity index (χ2n) is 6.39. The lowest BCUT2D eigenvalue weighted by molar-refractivity contribution is -0.121. The molecule has 6 nitrogen and oxygen atoms in total. The lowest BCUT2D eigenvalue weighted by Gasteiger charge is -2.25. The number of nitrogens with zero attached hydrogens (tertiary/aromatic N) is 3. The van der Waals surface area contributed by atoms with Crippen LogP contribution in [0.25, 0.3) is 16.2 Å². The van der Waals surface area contributed by atoms with Crippen molar-refractivity contribution < 1.29 is 9.59 Å². The number of hydrogen-bond donors (Lipinski definition) is 1. The van der Waals surface area contributed by atoms with E-state index < -0.39 is 11.9 Å². The van der Waals surface area contributed by atoms with Crippen LogP contribution in [0, 0.1) is 13.8 Å². The summed E-state index contributed by atoms with van der Waals surface area (Å²) in [4.78, 5) is 31.3. The molecule has 3 rings (SSSR count). The Morgan fingerprint density at radius 2 is 2.08 bits per heavy atom. The number of aromatic nitrogens is 2. The third kappa shape index (κ3) is 3.10. The number of nitrogens with two attached hydrogens (primary N) is 1. The van der Waals surface area contributed by atoms with E-state index in [0.29, 0.717) is 12.2 Å². The van der Waals surface area contributed by atoms with Crippen molar-refractivity contribution in [2.24, 2.45) is 5.73 Å². The van der Waals surface area contributed by atoms with E-state index in [0.717, 1.165) is 27.3 Å². The first kappa shape index (κ1) is 18.1. The van der Waals surface area contributed by atoms with Gasteiger partial charge in [-0.05, 0) is 39.3 Å². The maximum Gasteiger partial charge on any atom is 0.272 e. The molecule has 26 heavy (non-hydrogen) atoms. The lowest BCUT2D eigenvalue weighted by Crippen LogP contribution is -2.46. The molecule has 0 spiro atoms. The van der Waals surface area contributed by atoms with Crippen LogP contribution in [0.5, 0.6) is 0 Å². The molecule has 2 amide bonds. The molecular formula is C19H22N4O2S. The average Bonchev–Trinajstić information content (AvgIpc) is 3.17. The van der Waals surface area contributed by atoms with Gasteiger partial charge in [-0.1, -0.05) is 17.7 Å². The van der Waals surface area contributed by atoms with Gasteiger partial charge in [0.2, 0.25) is 5.91 Å². The highest BCUT2D eigenvalue weighted by Gasteiger charge is 2.26. The predicted molar refractivity (Wildman–Crippen MR) is 103 cm³/mol. The number of fused-ring (bicyclic) bond motifs is 1. The number of amides is 2. The van der Waals surface area contributed by atoms with Crippen LogP contribution in [-0.4, -0.2) is 38.7 Å². The largest absolute Gasteiger partial charge is 0.368 e. The van der Waals surface area contributed by atoms with Crippen molar-refractivity contribution in [1.82, 2.24) is 14.3 Å². The number of carbonyl (C=O) groups is 2. The first-order chi connectivity index (χ1) is 12.3. The molecule has 3 aromatic rings. The highest BCUT2D eigenvalue weighted by atomic mass is 32.1. The highest BCUT2D eigenvalue weighted by Crippen LogP contribution is 2.27. The van der Waals surface area contributed by atoms with Crippen LogP contribution >= 0.6 is 11.3 Å². The average molecular weight is 370 g/mol. The highest BCUT2D eigenvalue weighted by molar-refractivity contribution is 7.15. The monoisotopic (exact) mass is 370 g/mol. The van der Waals surface area contributed by atoms with Gasteiger partial charge < -0.3 is 10.6 Å². The molecule has 2 heterocycles. The van der Waals surface area contributed by atoms with Gasteiger partial charge in [0, 0.05) is 23.7 Å². The van der Waals surface area contributed by atoms with E-state index in [2.05, 4.69) is 23.2 Å². The van der Waals surface area contributed by atoms with Crippen molar-refractivity contribution in [2.75, 3.05) is 6.54 Å². The Morgan fingerprint density at radius 1 is 1.35 bits per heavy atom. The number of rotatable bonds is 5. The minimum atomic E-state index is -0.663. The maximum atomic E-state index is 12.9. The molecule has 0 fully saturated rings. The number of hydrogen-bond acceptors (Lipinski definition) is 4. The van der Waals surface area contributed by atoms with Crippen LogP contribution < -0.4 is 5.73 Å². The SMILES string of the molecule is CCN(C(=O)c1csc2nc(-c3cc(C)ccc3C)cn12)C(C)C(N)=O. The van der Waals surface area contributed by atoms with E-state index in [4.69, 9.17) is 5.73 Å². The van der Waals surface area contributed by atoms with E-state index in [1.54, 1.807) is 16.7 Å². The van der Waals surface area contributed by atoms with Crippen molar-refractivity contribution in [3.05, 3.63) is 46.6 Å². The molecule has 0 bridgehead atoms. The predicted octanol–water partition coefficient (Wildman–Crippen LogP) is 3.02. The van der Waals surface area contributed by atoms with Gasteiger partial charge in [-0.2, -0.15) is 0 Å². The number of carbonyl (C=O) groups excluding carboxylic acids is 2. The smallest absolute Gasteiger partial charge is 0.272 e. The minimum Gasteiger partial charge on any atom is -0.368 e. The van der Waals surface area contributed by atoms with Crippen molar-refractivity contribution in [1.29, 1.82) is 0 Å². The standard InChI is InChI=1S/C19H22N4O2S/c1-5-22(13(4)17(20)24)18(25)16-10-26-19-21-15(9-23(16)19)14-8-11(2)6-7-12(14)3/h6-10,13H,5H2,1-4H3,(H2,20,24). The third-order valence-corrected chi connectivity index (χ3v) is 5.42. The molecule has 2 N–H and O–H groups in total. The van der Waals surface area contributed by atoms with Gasteiger partial charge in [-0.15, -0.1) is 11.3 Å². The van der Waals surface area contributed by atoms with Gasteiger partial charge in [0.1, 0.15) is 11.7 Å². The molecule has 0 saturated heterocycles. The minimum absolute atomic E-state index is 0.227. The Morgan fingerprint density at radius 3 is 2.73 bits per heavy atom. The first-order valence-corrected chi connectivity index (χ1v) is 9.36. The van der Waals surface area contributed by atoms with Gasteiger partial charge in [0.15, 0.2) is 4.96 Å². The number of likely N-dealkylation sites (N-methyl/N-ethyl adjacent to an activating group) is 1. The molecule has 136 valence electrons. The zero-order valence-corrected chi connectivity index (χ0v) is 16.1. The summed E-state index contributed by atoms with van der Waals surface area (Å²) < 4.78 is 1.79.